The molecule has 0 heterocycles. The molecule has 0 bridgehead atoms. The van der Waals surface area contributed by atoms with Crippen molar-refractivity contribution in [3.63, 3.8) is 0 Å². The maximum atomic E-state index is 2.67. The van der Waals surface area contributed by atoms with Crippen LogP contribution in [0.1, 0.15) is 240 Å². The molecule has 297 valence electrons. The van der Waals surface area contributed by atoms with Crippen molar-refractivity contribution in [1.29, 1.82) is 0 Å². The van der Waals surface area contributed by atoms with Gasteiger partial charge in [-0.3, -0.25) is 0 Å². The van der Waals surface area contributed by atoms with Gasteiger partial charge in [-0.1, -0.05) is 0 Å². The van der Waals surface area contributed by atoms with Gasteiger partial charge in [0.1, 0.15) is 0 Å². The molecule has 0 saturated carbocycles. The zero-order valence-corrected chi connectivity index (χ0v) is 39.3. The SMILES string of the molecule is CCC(CC)(CC(C)C(CC)(CC)CC)[CH2][Cr]([CH2]C(CC)(CC)CC(C)C(CC)(CC)CC)[CH2]C(CC)(CC)CC(C)C(CC)(CC)CC. The first kappa shape index (κ1) is 49.5. The molecule has 0 nitrogen and oxygen atoms in total. The van der Waals surface area contributed by atoms with Crippen LogP contribution in [0.4, 0.5) is 0 Å². The van der Waals surface area contributed by atoms with E-state index in [1.54, 1.807) is 15.8 Å². The van der Waals surface area contributed by atoms with Crippen LogP contribution >= 0.6 is 0 Å². The molecule has 3 atom stereocenters. The summed E-state index contributed by atoms with van der Waals surface area (Å²) in [6.07, 6.45) is 24.7. The predicted octanol–water partition coefficient (Wildman–Crippen LogP) is 18.0. The molecule has 0 aliphatic heterocycles. The van der Waals surface area contributed by atoms with Crippen LogP contribution in [0.3, 0.4) is 0 Å². The summed E-state index contributed by atoms with van der Waals surface area (Å²) in [6.45, 7) is 45.9. The summed E-state index contributed by atoms with van der Waals surface area (Å²) < 4.78 is 0. The molecule has 0 aromatic rings. The zero-order valence-electron chi connectivity index (χ0n) is 38.0. The van der Waals surface area contributed by atoms with E-state index in [9.17, 15) is 0 Å². The van der Waals surface area contributed by atoms with E-state index in [-0.39, 0.29) is 0 Å². The molecule has 0 aliphatic carbocycles. The summed E-state index contributed by atoms with van der Waals surface area (Å²) in [5.41, 5.74) is 3.05. The molecule has 0 aliphatic rings. The molecule has 0 aromatic heterocycles. The molecular weight excluding hydrogens is 629 g/mol. The molecule has 0 N–H and O–H groups in total. The second-order valence-electron chi connectivity index (χ2n) is 18.3. The minimum atomic E-state index is -0.939. The zero-order chi connectivity index (χ0) is 38.2. The van der Waals surface area contributed by atoms with Crippen LogP contribution < -0.4 is 0 Å². The average Bonchev–Trinajstić information content (AvgIpc) is 3.13. The van der Waals surface area contributed by atoms with E-state index < -0.39 is 14.1 Å². The van der Waals surface area contributed by atoms with E-state index in [2.05, 4.69) is 125 Å². The Labute approximate surface area is 319 Å². The fourth-order valence-electron chi connectivity index (χ4n) is 11.8. The van der Waals surface area contributed by atoms with Gasteiger partial charge in [0, 0.05) is 0 Å². The van der Waals surface area contributed by atoms with Gasteiger partial charge >= 0.3 is 320 Å². The molecule has 0 aromatic carbocycles. The maximum absolute atomic E-state index is 2.67. The Morgan fingerprint density at radius 2 is 0.449 bits per heavy atom. The summed E-state index contributed by atoms with van der Waals surface area (Å²) in [5.74, 6) is 2.42. The van der Waals surface area contributed by atoms with Crippen LogP contribution in [-0.2, 0) is 14.1 Å². The molecule has 0 amide bonds. The quantitative estimate of drug-likeness (QED) is 0.0691. The number of hydrogen-bond acceptors (Lipinski definition) is 0. The van der Waals surface area contributed by atoms with Gasteiger partial charge in [0.15, 0.2) is 0 Å². The van der Waals surface area contributed by atoms with Crippen LogP contribution in [0, 0.1) is 50.2 Å². The summed E-state index contributed by atoms with van der Waals surface area (Å²) >= 11 is -0.939. The molecule has 0 radical (unpaired) electrons. The monoisotopic (exact) mass is 728 g/mol. The Morgan fingerprint density at radius 3 is 0.571 bits per heavy atom. The van der Waals surface area contributed by atoms with E-state index in [1.165, 1.54) is 116 Å². The van der Waals surface area contributed by atoms with Crippen LogP contribution in [0.5, 0.6) is 0 Å². The van der Waals surface area contributed by atoms with Gasteiger partial charge in [-0.15, -0.1) is 0 Å². The number of hydrogen-bond donors (Lipinski definition) is 0. The normalized spacial score (nSPS) is 16.0. The third-order valence-corrected chi connectivity index (χ3v) is 22.5. The Bertz CT molecular complexity index is 680. The number of rotatable bonds is 30. The van der Waals surface area contributed by atoms with Crippen molar-refractivity contribution in [2.45, 2.75) is 256 Å². The van der Waals surface area contributed by atoms with Gasteiger partial charge in [-0.05, 0) is 0 Å². The summed E-state index contributed by atoms with van der Waals surface area (Å²) in [5, 5.41) is 4.72. The summed E-state index contributed by atoms with van der Waals surface area (Å²) in [6, 6.07) is 0. The van der Waals surface area contributed by atoms with Crippen LogP contribution in [0.25, 0.3) is 0 Å². The molecule has 0 fully saturated rings. The molecule has 0 saturated heterocycles. The van der Waals surface area contributed by atoms with Crippen molar-refractivity contribution in [2.75, 3.05) is 0 Å². The second-order valence-corrected chi connectivity index (χ2v) is 21.5. The van der Waals surface area contributed by atoms with Crippen molar-refractivity contribution >= 4 is 0 Å². The summed E-state index contributed by atoms with van der Waals surface area (Å²) in [7, 11) is 0. The molecular formula is C48H99Cr. The fourth-order valence-corrected chi connectivity index (χ4v) is 18.8. The Kier molecular flexibility index (Phi) is 22.9. The Hall–Kier alpha value is 0.532. The predicted molar refractivity (Wildman–Crippen MR) is 225 cm³/mol. The molecule has 3 unspecified atom stereocenters. The van der Waals surface area contributed by atoms with Crippen LogP contribution in [0.15, 0.2) is 0 Å². The van der Waals surface area contributed by atoms with Crippen molar-refractivity contribution in [1.82, 2.24) is 0 Å². The van der Waals surface area contributed by atoms with Gasteiger partial charge in [0.2, 0.25) is 0 Å². The van der Waals surface area contributed by atoms with Crippen molar-refractivity contribution < 1.29 is 14.1 Å². The van der Waals surface area contributed by atoms with Gasteiger partial charge in [0.25, 0.3) is 0 Å². The first-order valence-electron chi connectivity index (χ1n) is 22.7. The first-order valence-corrected chi connectivity index (χ1v) is 25.4. The summed E-state index contributed by atoms with van der Waals surface area (Å²) in [4.78, 5) is 0. The Morgan fingerprint density at radius 1 is 0.286 bits per heavy atom. The van der Waals surface area contributed by atoms with E-state index in [4.69, 9.17) is 0 Å². The minimum absolute atomic E-state index is 0.506. The molecule has 0 rings (SSSR count). The average molecular weight is 728 g/mol. The first-order chi connectivity index (χ1) is 23.1. The fraction of sp³-hybridized carbons (Fsp3) is 1.00. The third-order valence-electron chi connectivity index (χ3n) is 17.7. The molecule has 49 heavy (non-hydrogen) atoms. The Balaban J connectivity index is 7.23. The van der Waals surface area contributed by atoms with Gasteiger partial charge in [0.05, 0.1) is 0 Å². The van der Waals surface area contributed by atoms with Crippen molar-refractivity contribution in [3.8, 4) is 0 Å². The topological polar surface area (TPSA) is 0 Å². The van der Waals surface area contributed by atoms with Gasteiger partial charge in [-0.2, -0.15) is 0 Å². The van der Waals surface area contributed by atoms with Crippen LogP contribution in [-0.4, -0.2) is 0 Å². The van der Waals surface area contributed by atoms with Crippen LogP contribution in [0.2, 0.25) is 15.8 Å². The second kappa shape index (κ2) is 22.7. The molecule has 0 spiro atoms. The van der Waals surface area contributed by atoms with E-state index in [0.29, 0.717) is 32.5 Å². The van der Waals surface area contributed by atoms with E-state index in [1.807, 2.05) is 0 Å². The van der Waals surface area contributed by atoms with Gasteiger partial charge < -0.3 is 0 Å². The third kappa shape index (κ3) is 12.0. The van der Waals surface area contributed by atoms with Crippen molar-refractivity contribution in [2.24, 2.45) is 50.2 Å². The standard InChI is InChI=1S/3C16H33.Cr/c3*1-8-15(7,9-2)13-14(6)16(10-3,11-4)12-5;/h3*14H,7-13H2,1-6H3;. The van der Waals surface area contributed by atoms with Gasteiger partial charge in [-0.25, -0.2) is 0 Å². The van der Waals surface area contributed by atoms with E-state index >= 15 is 0 Å². The molecule has 1 heteroatoms. The van der Waals surface area contributed by atoms with Crippen molar-refractivity contribution in [3.05, 3.63) is 0 Å². The van der Waals surface area contributed by atoms with E-state index in [0.717, 1.165) is 17.8 Å².